The van der Waals surface area contributed by atoms with Crippen LogP contribution in [0.3, 0.4) is 0 Å². The first-order chi connectivity index (χ1) is 12.5. The van der Waals surface area contributed by atoms with Crippen molar-refractivity contribution in [2.75, 3.05) is 0 Å². The summed E-state index contributed by atoms with van der Waals surface area (Å²) in [5, 5.41) is 9.96. The summed E-state index contributed by atoms with van der Waals surface area (Å²) in [6, 6.07) is 2.21. The second kappa shape index (κ2) is 5.72. The van der Waals surface area contributed by atoms with Crippen molar-refractivity contribution >= 4 is 15.6 Å². The summed E-state index contributed by atoms with van der Waals surface area (Å²) in [6.07, 6.45) is 4.01. The molecule has 0 aliphatic heterocycles. The van der Waals surface area contributed by atoms with Crippen molar-refractivity contribution in [1.82, 2.24) is 0 Å². The highest BCUT2D eigenvalue weighted by Crippen LogP contribution is 2.60. The van der Waals surface area contributed by atoms with Crippen LogP contribution < -0.4 is 0 Å². The SMILES string of the molecule is C[C@]12CC[C@@H]3c4cc(S(=O)(=O)C(F)(F)F)c(O)cc4CC[C@H]3[C@@H]1CCC2=O. The number of Topliss-reactive ketones (excluding diaryl/α,β-unsaturated/α-hetero) is 1. The summed E-state index contributed by atoms with van der Waals surface area (Å²) in [7, 11) is -5.62. The van der Waals surface area contributed by atoms with Gasteiger partial charge < -0.3 is 5.11 Å². The Morgan fingerprint density at radius 2 is 1.85 bits per heavy atom. The predicted octanol–water partition coefficient (Wildman–Crippen LogP) is 4.11. The monoisotopic (exact) mass is 402 g/mol. The smallest absolute Gasteiger partial charge is 0.502 e. The summed E-state index contributed by atoms with van der Waals surface area (Å²) in [4.78, 5) is 11.3. The number of halogens is 3. The number of rotatable bonds is 1. The van der Waals surface area contributed by atoms with E-state index in [1.165, 1.54) is 6.07 Å². The van der Waals surface area contributed by atoms with E-state index >= 15 is 0 Å². The quantitative estimate of drug-likeness (QED) is 0.767. The molecule has 0 amide bonds. The van der Waals surface area contributed by atoms with Crippen LogP contribution in [0.4, 0.5) is 13.2 Å². The van der Waals surface area contributed by atoms with Crippen LogP contribution in [0.25, 0.3) is 0 Å². The van der Waals surface area contributed by atoms with Gasteiger partial charge in [-0.3, -0.25) is 4.79 Å². The number of benzene rings is 1. The molecular weight excluding hydrogens is 381 g/mol. The molecule has 2 saturated carbocycles. The number of alkyl halides is 3. The van der Waals surface area contributed by atoms with Gasteiger partial charge in [0, 0.05) is 11.8 Å². The van der Waals surface area contributed by atoms with Crippen LogP contribution in [-0.2, 0) is 21.1 Å². The van der Waals surface area contributed by atoms with Gasteiger partial charge in [-0.25, -0.2) is 8.42 Å². The van der Waals surface area contributed by atoms with Crippen molar-refractivity contribution in [3.63, 3.8) is 0 Å². The van der Waals surface area contributed by atoms with Gasteiger partial charge in [0.05, 0.1) is 0 Å². The van der Waals surface area contributed by atoms with Gasteiger partial charge in [-0.1, -0.05) is 6.92 Å². The molecule has 8 heteroatoms. The highest BCUT2D eigenvalue weighted by Gasteiger charge is 2.55. The predicted molar refractivity (Wildman–Crippen MR) is 91.0 cm³/mol. The summed E-state index contributed by atoms with van der Waals surface area (Å²) >= 11 is 0. The second-order valence-electron chi connectivity index (χ2n) is 8.30. The second-order valence-corrected chi connectivity index (χ2v) is 10.2. The van der Waals surface area contributed by atoms with Gasteiger partial charge in [-0.2, -0.15) is 13.2 Å². The number of fused-ring (bicyclic) bond motifs is 5. The molecule has 4 atom stereocenters. The summed E-state index contributed by atoms with van der Waals surface area (Å²) < 4.78 is 62.7. The maximum absolute atomic E-state index is 13.0. The minimum Gasteiger partial charge on any atom is -0.507 e. The number of phenolic OH excluding ortho intramolecular Hbond substituents is 1. The highest BCUT2D eigenvalue weighted by molar-refractivity contribution is 7.92. The fourth-order valence-electron chi connectivity index (χ4n) is 5.70. The van der Waals surface area contributed by atoms with Crippen LogP contribution in [-0.4, -0.2) is 24.8 Å². The standard InChI is InChI=1S/C19H21F3O4S/c1-18-7-6-11-12(14(18)4-5-17(18)24)3-2-10-8-15(23)16(9-13(10)11)27(25,26)19(20,21)22/h8-9,11-12,14,23H,2-7H2,1H3/t11-,12+,14-,18-/m0/s1. The van der Waals surface area contributed by atoms with Gasteiger partial charge in [0.25, 0.3) is 9.84 Å². The molecule has 0 unspecified atom stereocenters. The van der Waals surface area contributed by atoms with E-state index in [1.807, 2.05) is 6.92 Å². The van der Waals surface area contributed by atoms with Crippen molar-refractivity contribution in [3.05, 3.63) is 23.3 Å². The maximum atomic E-state index is 13.0. The Kier molecular flexibility index (Phi) is 3.98. The fraction of sp³-hybridized carbons (Fsp3) is 0.632. The van der Waals surface area contributed by atoms with E-state index in [4.69, 9.17) is 0 Å². The molecule has 1 aromatic carbocycles. The Labute approximate surface area is 155 Å². The van der Waals surface area contributed by atoms with Gasteiger partial charge in [0.15, 0.2) is 0 Å². The molecule has 0 aromatic heterocycles. The molecule has 0 radical (unpaired) electrons. The molecular formula is C19H21F3O4S. The number of sulfone groups is 1. The first-order valence-corrected chi connectivity index (χ1v) is 10.7. The summed E-state index contributed by atoms with van der Waals surface area (Å²) in [5.74, 6) is -0.299. The van der Waals surface area contributed by atoms with Crippen molar-refractivity contribution in [1.29, 1.82) is 0 Å². The van der Waals surface area contributed by atoms with Gasteiger partial charge in [-0.15, -0.1) is 0 Å². The molecule has 148 valence electrons. The minimum absolute atomic E-state index is 0.0690. The third-order valence-electron chi connectivity index (χ3n) is 7.11. The van der Waals surface area contributed by atoms with Crippen molar-refractivity contribution in [2.45, 2.75) is 61.8 Å². The number of hydrogen-bond acceptors (Lipinski definition) is 4. The van der Waals surface area contributed by atoms with Crippen LogP contribution in [0.5, 0.6) is 5.75 Å². The Balaban J connectivity index is 1.79. The van der Waals surface area contributed by atoms with E-state index in [0.717, 1.165) is 18.9 Å². The third kappa shape index (κ3) is 2.55. The van der Waals surface area contributed by atoms with Gasteiger partial charge in [0.2, 0.25) is 0 Å². The number of phenols is 1. The van der Waals surface area contributed by atoms with Crippen LogP contribution in [0.15, 0.2) is 17.0 Å². The molecule has 0 saturated heterocycles. The summed E-state index contributed by atoms with van der Waals surface area (Å²) in [5.41, 5.74) is -4.53. The zero-order valence-electron chi connectivity index (χ0n) is 14.8. The van der Waals surface area contributed by atoms with Crippen molar-refractivity contribution in [2.24, 2.45) is 17.3 Å². The number of aryl methyl sites for hydroxylation is 1. The lowest BCUT2D eigenvalue weighted by Gasteiger charge is -2.48. The Hall–Kier alpha value is -1.57. The molecule has 0 bridgehead atoms. The number of ketones is 1. The van der Waals surface area contributed by atoms with E-state index in [9.17, 15) is 31.5 Å². The van der Waals surface area contributed by atoms with E-state index in [1.54, 1.807) is 0 Å². The van der Waals surface area contributed by atoms with Crippen LogP contribution in [0.1, 0.15) is 56.1 Å². The van der Waals surface area contributed by atoms with Crippen LogP contribution in [0, 0.1) is 17.3 Å². The first-order valence-electron chi connectivity index (χ1n) is 9.17. The van der Waals surface area contributed by atoms with Crippen LogP contribution >= 0.6 is 0 Å². The molecule has 4 rings (SSSR count). The number of carbonyl (C=O) groups excluding carboxylic acids is 1. The highest BCUT2D eigenvalue weighted by atomic mass is 32.2. The lowest BCUT2D eigenvalue weighted by atomic mass is 9.55. The molecule has 27 heavy (non-hydrogen) atoms. The average molecular weight is 402 g/mol. The van der Waals surface area contributed by atoms with Crippen molar-refractivity contribution in [3.8, 4) is 5.75 Å². The van der Waals surface area contributed by atoms with Gasteiger partial charge in [0.1, 0.15) is 16.4 Å². The Morgan fingerprint density at radius 3 is 2.52 bits per heavy atom. The molecule has 2 fully saturated rings. The van der Waals surface area contributed by atoms with E-state index in [0.29, 0.717) is 36.8 Å². The average Bonchev–Trinajstić information content (AvgIpc) is 2.88. The lowest BCUT2D eigenvalue weighted by molar-refractivity contribution is -0.129. The molecule has 1 aromatic rings. The number of aromatic hydroxyl groups is 1. The molecule has 0 spiro atoms. The van der Waals surface area contributed by atoms with Crippen molar-refractivity contribution < 1.29 is 31.5 Å². The third-order valence-corrected chi connectivity index (χ3v) is 8.62. The summed E-state index contributed by atoms with van der Waals surface area (Å²) in [6.45, 7) is 2.00. The largest absolute Gasteiger partial charge is 0.507 e. The Bertz CT molecular complexity index is 922. The van der Waals surface area contributed by atoms with E-state index < -0.39 is 26.0 Å². The topological polar surface area (TPSA) is 71.4 Å². The number of hydrogen-bond donors (Lipinski definition) is 1. The number of carbonyl (C=O) groups is 1. The molecule has 3 aliphatic rings. The van der Waals surface area contributed by atoms with Gasteiger partial charge in [-0.05, 0) is 73.1 Å². The molecule has 3 aliphatic carbocycles. The zero-order chi connectivity index (χ0) is 19.8. The minimum atomic E-state index is -5.62. The first kappa shape index (κ1) is 18.8. The Morgan fingerprint density at radius 1 is 1.15 bits per heavy atom. The zero-order valence-corrected chi connectivity index (χ0v) is 15.7. The lowest BCUT2D eigenvalue weighted by Crippen LogP contribution is -2.42. The molecule has 4 nitrogen and oxygen atoms in total. The van der Waals surface area contributed by atoms with Gasteiger partial charge >= 0.3 is 5.51 Å². The van der Waals surface area contributed by atoms with Crippen LogP contribution in [0.2, 0.25) is 0 Å². The molecule has 1 N–H and O–H groups in total. The fourth-order valence-corrected chi connectivity index (χ4v) is 6.56. The molecule has 0 heterocycles. The normalized spacial score (nSPS) is 33.3. The maximum Gasteiger partial charge on any atom is 0.502 e. The van der Waals surface area contributed by atoms with E-state index in [-0.39, 0.29) is 29.0 Å². The van der Waals surface area contributed by atoms with E-state index in [2.05, 4.69) is 0 Å².